The maximum atomic E-state index is 3.70. The van der Waals surface area contributed by atoms with Crippen LogP contribution in [0.15, 0.2) is 42.5 Å². The molecule has 0 bridgehead atoms. The zero-order valence-corrected chi connectivity index (χ0v) is 13.3. The quantitative estimate of drug-likeness (QED) is 0.898. The summed E-state index contributed by atoms with van der Waals surface area (Å²) in [5.41, 5.74) is 1.40. The molecule has 1 aliphatic heterocycles. The molecule has 2 aliphatic rings. The predicted molar refractivity (Wildman–Crippen MR) is 93.0 cm³/mol. The molecule has 1 saturated heterocycles. The zero-order chi connectivity index (χ0) is 14.8. The molecule has 0 radical (unpaired) electrons. The predicted octanol–water partition coefficient (Wildman–Crippen LogP) is 3.95. The summed E-state index contributed by atoms with van der Waals surface area (Å²) in [6, 6.07) is 17.1. The van der Waals surface area contributed by atoms with Gasteiger partial charge in [0.05, 0.1) is 0 Å². The molecule has 1 saturated carbocycles. The van der Waals surface area contributed by atoms with Crippen molar-refractivity contribution in [2.45, 2.75) is 50.7 Å². The van der Waals surface area contributed by atoms with Crippen LogP contribution < -0.4 is 5.32 Å². The van der Waals surface area contributed by atoms with Crippen molar-refractivity contribution in [2.24, 2.45) is 0 Å². The molecule has 0 amide bonds. The third-order valence-electron chi connectivity index (χ3n) is 5.49. The molecule has 2 aromatic carbocycles. The molecule has 2 nitrogen and oxygen atoms in total. The normalized spacial score (nSPS) is 23.0. The van der Waals surface area contributed by atoms with Crippen LogP contribution in [0.2, 0.25) is 0 Å². The Morgan fingerprint density at radius 1 is 0.955 bits per heavy atom. The monoisotopic (exact) mass is 294 g/mol. The van der Waals surface area contributed by atoms with Crippen LogP contribution in [0.25, 0.3) is 10.8 Å². The van der Waals surface area contributed by atoms with Crippen molar-refractivity contribution < 1.29 is 0 Å². The first-order valence-corrected chi connectivity index (χ1v) is 8.84. The van der Waals surface area contributed by atoms with Gasteiger partial charge in [-0.3, -0.25) is 4.90 Å². The zero-order valence-electron chi connectivity index (χ0n) is 13.3. The lowest BCUT2D eigenvalue weighted by atomic mass is 9.91. The second kappa shape index (κ2) is 6.39. The third kappa shape index (κ3) is 2.90. The maximum absolute atomic E-state index is 3.70. The van der Waals surface area contributed by atoms with Crippen LogP contribution in [0.3, 0.4) is 0 Å². The van der Waals surface area contributed by atoms with E-state index in [1.165, 1.54) is 55.0 Å². The molecule has 1 aliphatic carbocycles. The maximum Gasteiger partial charge on any atom is 0.0224 e. The lowest BCUT2D eigenvalue weighted by Crippen LogP contribution is -2.46. The van der Waals surface area contributed by atoms with E-state index in [0.29, 0.717) is 0 Å². The van der Waals surface area contributed by atoms with E-state index in [2.05, 4.69) is 52.7 Å². The van der Waals surface area contributed by atoms with E-state index in [9.17, 15) is 0 Å². The van der Waals surface area contributed by atoms with Gasteiger partial charge >= 0.3 is 0 Å². The number of benzene rings is 2. The summed E-state index contributed by atoms with van der Waals surface area (Å²) < 4.78 is 0. The minimum atomic E-state index is 0.769. The first-order chi connectivity index (χ1) is 10.9. The van der Waals surface area contributed by atoms with Gasteiger partial charge in [0, 0.05) is 25.2 Å². The van der Waals surface area contributed by atoms with Crippen molar-refractivity contribution >= 4 is 10.8 Å². The van der Waals surface area contributed by atoms with Gasteiger partial charge in [-0.15, -0.1) is 0 Å². The molecular weight excluding hydrogens is 268 g/mol. The molecule has 0 spiro atoms. The van der Waals surface area contributed by atoms with Gasteiger partial charge in [0.15, 0.2) is 0 Å². The van der Waals surface area contributed by atoms with Crippen LogP contribution in [0, 0.1) is 0 Å². The van der Waals surface area contributed by atoms with Crippen molar-refractivity contribution in [1.29, 1.82) is 0 Å². The number of nitrogens with one attached hydrogen (secondary N) is 1. The van der Waals surface area contributed by atoms with Crippen LogP contribution in [0.4, 0.5) is 0 Å². The van der Waals surface area contributed by atoms with Crippen LogP contribution in [0.1, 0.15) is 37.7 Å². The van der Waals surface area contributed by atoms with Crippen molar-refractivity contribution in [1.82, 2.24) is 10.2 Å². The molecule has 1 atom stereocenters. The Balaban J connectivity index is 1.33. The number of likely N-dealkylation sites (tertiary alicyclic amines) is 1. The summed E-state index contributed by atoms with van der Waals surface area (Å²) >= 11 is 0. The second-order valence-electron chi connectivity index (χ2n) is 6.93. The Bertz CT molecular complexity index is 632. The van der Waals surface area contributed by atoms with E-state index in [1.54, 1.807) is 0 Å². The van der Waals surface area contributed by atoms with Gasteiger partial charge in [-0.1, -0.05) is 42.8 Å². The van der Waals surface area contributed by atoms with E-state index in [4.69, 9.17) is 0 Å². The fourth-order valence-electron chi connectivity index (χ4n) is 4.01. The minimum absolute atomic E-state index is 0.769. The fourth-order valence-corrected chi connectivity index (χ4v) is 4.01. The lowest BCUT2D eigenvalue weighted by Gasteiger charge is -2.38. The number of nitrogens with zero attached hydrogens (tertiary/aromatic N) is 1. The van der Waals surface area contributed by atoms with Gasteiger partial charge in [-0.05, 0) is 54.6 Å². The number of fused-ring (bicyclic) bond motifs is 1. The molecule has 0 aromatic heterocycles. The molecule has 22 heavy (non-hydrogen) atoms. The Kier molecular flexibility index (Phi) is 4.13. The number of rotatable bonds is 5. The Morgan fingerprint density at radius 3 is 2.64 bits per heavy atom. The van der Waals surface area contributed by atoms with E-state index in [0.717, 1.165) is 25.2 Å². The molecular formula is C20H26N2. The Hall–Kier alpha value is -1.38. The molecule has 1 N–H and O–H groups in total. The highest BCUT2D eigenvalue weighted by molar-refractivity contribution is 5.82. The first-order valence-electron chi connectivity index (χ1n) is 8.84. The summed E-state index contributed by atoms with van der Waals surface area (Å²) in [5.74, 6) is 0. The van der Waals surface area contributed by atoms with Crippen molar-refractivity contribution in [3.05, 3.63) is 48.0 Å². The summed E-state index contributed by atoms with van der Waals surface area (Å²) in [4.78, 5) is 2.77. The van der Waals surface area contributed by atoms with E-state index in [1.807, 2.05) is 0 Å². The summed E-state index contributed by atoms with van der Waals surface area (Å²) in [5, 5.41) is 6.38. The molecule has 1 heterocycles. The average Bonchev–Trinajstić information content (AvgIpc) is 2.94. The molecule has 4 rings (SSSR count). The van der Waals surface area contributed by atoms with Gasteiger partial charge in [0.1, 0.15) is 0 Å². The highest BCUT2D eigenvalue weighted by atomic mass is 15.2. The number of hydrogen-bond acceptors (Lipinski definition) is 2. The van der Waals surface area contributed by atoms with Crippen molar-refractivity contribution in [3.8, 4) is 0 Å². The smallest absolute Gasteiger partial charge is 0.0224 e. The number of hydrogen-bond donors (Lipinski definition) is 1. The molecule has 116 valence electrons. The Labute approximate surface area is 133 Å². The second-order valence-corrected chi connectivity index (χ2v) is 6.93. The van der Waals surface area contributed by atoms with Crippen LogP contribution in [0.5, 0.6) is 0 Å². The van der Waals surface area contributed by atoms with E-state index >= 15 is 0 Å². The molecule has 2 fully saturated rings. The molecule has 2 aromatic rings. The van der Waals surface area contributed by atoms with Gasteiger partial charge in [0.25, 0.3) is 0 Å². The van der Waals surface area contributed by atoms with Crippen molar-refractivity contribution in [2.75, 3.05) is 13.1 Å². The van der Waals surface area contributed by atoms with Gasteiger partial charge < -0.3 is 5.32 Å². The minimum Gasteiger partial charge on any atom is -0.311 e. The summed E-state index contributed by atoms with van der Waals surface area (Å²) in [6.07, 6.45) is 7.07. The van der Waals surface area contributed by atoms with Gasteiger partial charge in [0.2, 0.25) is 0 Å². The SMILES string of the molecule is c1ccc2cc(CNC[C@@H]3CCCN3C3CCC3)ccc2c1. The van der Waals surface area contributed by atoms with Gasteiger partial charge in [-0.25, -0.2) is 0 Å². The van der Waals surface area contributed by atoms with Crippen LogP contribution in [-0.4, -0.2) is 30.1 Å². The summed E-state index contributed by atoms with van der Waals surface area (Å²) in [7, 11) is 0. The largest absolute Gasteiger partial charge is 0.311 e. The highest BCUT2D eigenvalue weighted by Gasteiger charge is 2.33. The average molecular weight is 294 g/mol. The topological polar surface area (TPSA) is 15.3 Å². The third-order valence-corrected chi connectivity index (χ3v) is 5.49. The van der Waals surface area contributed by atoms with Crippen molar-refractivity contribution in [3.63, 3.8) is 0 Å². The van der Waals surface area contributed by atoms with Crippen LogP contribution >= 0.6 is 0 Å². The lowest BCUT2D eigenvalue weighted by molar-refractivity contribution is 0.113. The van der Waals surface area contributed by atoms with E-state index in [-0.39, 0.29) is 0 Å². The van der Waals surface area contributed by atoms with E-state index < -0.39 is 0 Å². The summed E-state index contributed by atoms with van der Waals surface area (Å²) in [6.45, 7) is 3.45. The molecule has 0 unspecified atom stereocenters. The van der Waals surface area contributed by atoms with Crippen LogP contribution in [-0.2, 0) is 6.54 Å². The Morgan fingerprint density at radius 2 is 1.82 bits per heavy atom. The van der Waals surface area contributed by atoms with Gasteiger partial charge in [-0.2, -0.15) is 0 Å². The fraction of sp³-hybridized carbons (Fsp3) is 0.500. The highest BCUT2D eigenvalue weighted by Crippen LogP contribution is 2.31. The molecule has 2 heteroatoms. The first kappa shape index (κ1) is 14.2. The standard InChI is InChI=1S/C20H26N2/c1-2-6-18-13-16(10-11-17(18)5-1)14-21-15-20-9-4-12-22(20)19-7-3-8-19/h1-2,5-6,10-11,13,19-21H,3-4,7-9,12,14-15H2/t20-/m0/s1.